The van der Waals surface area contributed by atoms with E-state index in [1.165, 1.54) is 5.75 Å². The minimum absolute atomic E-state index is 0.182. The van der Waals surface area contributed by atoms with Crippen LogP contribution in [0.5, 0.6) is 0 Å². The van der Waals surface area contributed by atoms with Crippen LogP contribution in [0.25, 0.3) is 0 Å². The summed E-state index contributed by atoms with van der Waals surface area (Å²) in [6.45, 7) is 12.2. The number of hydrogen-bond acceptors (Lipinski definition) is 4. The molecule has 0 aromatic heterocycles. The van der Waals surface area contributed by atoms with E-state index in [1.807, 2.05) is 0 Å². The molecular formula is C15H34N2O2S. The highest BCUT2D eigenvalue weighted by Gasteiger charge is 2.19. The molecule has 0 aromatic rings. The third kappa shape index (κ3) is 9.19. The van der Waals surface area contributed by atoms with Crippen molar-refractivity contribution < 1.29 is 9.47 Å². The summed E-state index contributed by atoms with van der Waals surface area (Å²) in [5.74, 6) is 1.92. The highest BCUT2D eigenvalue weighted by molar-refractivity contribution is 8.15. The SMILES string of the molecule is CC(C)CNCC1CN(CCOCC[SH](C)C)CCO1. The molecule has 1 rings (SSSR count). The standard InChI is InChI=1S/C15H34N2O2S/c1-14(2)11-16-12-15-13-17(6-8-19-15)5-7-18-9-10-20(3)4/h14-16,20H,5-13H2,1-4H3. The number of morpholine rings is 1. The maximum absolute atomic E-state index is 5.81. The predicted octanol–water partition coefficient (Wildman–Crippen LogP) is 1.21. The van der Waals surface area contributed by atoms with Crippen LogP contribution in [0.3, 0.4) is 0 Å². The van der Waals surface area contributed by atoms with Gasteiger partial charge in [-0.05, 0) is 30.7 Å². The van der Waals surface area contributed by atoms with Crippen molar-refractivity contribution in [2.45, 2.75) is 20.0 Å². The Labute approximate surface area is 127 Å². The van der Waals surface area contributed by atoms with E-state index in [0.717, 1.165) is 52.5 Å². The van der Waals surface area contributed by atoms with Crippen molar-refractivity contribution in [3.8, 4) is 0 Å². The normalized spacial score (nSPS) is 21.4. The first kappa shape index (κ1) is 18.2. The van der Waals surface area contributed by atoms with Gasteiger partial charge in [0.05, 0.1) is 25.9 Å². The van der Waals surface area contributed by atoms with Gasteiger partial charge in [-0.2, -0.15) is 0 Å². The zero-order valence-corrected chi connectivity index (χ0v) is 14.6. The number of hydrogen-bond donors (Lipinski definition) is 2. The molecule has 1 fully saturated rings. The molecule has 0 bridgehead atoms. The third-order valence-electron chi connectivity index (χ3n) is 3.38. The smallest absolute Gasteiger partial charge is 0.0826 e. The molecule has 0 radical (unpaired) electrons. The summed E-state index contributed by atoms with van der Waals surface area (Å²) in [5.41, 5.74) is 0. The van der Waals surface area contributed by atoms with Crippen molar-refractivity contribution in [3.05, 3.63) is 0 Å². The molecule has 122 valence electrons. The zero-order chi connectivity index (χ0) is 14.8. The molecular weight excluding hydrogens is 272 g/mol. The molecule has 0 spiro atoms. The average molecular weight is 307 g/mol. The molecule has 1 aliphatic heterocycles. The summed E-state index contributed by atoms with van der Waals surface area (Å²) in [5, 5.41) is 3.48. The van der Waals surface area contributed by atoms with Gasteiger partial charge in [-0.25, -0.2) is 0 Å². The molecule has 0 aliphatic carbocycles. The van der Waals surface area contributed by atoms with Gasteiger partial charge in [-0.15, -0.1) is 0 Å². The minimum Gasteiger partial charge on any atom is -0.379 e. The second kappa shape index (κ2) is 10.9. The van der Waals surface area contributed by atoms with Crippen LogP contribution < -0.4 is 5.32 Å². The number of ether oxygens (including phenoxy) is 2. The van der Waals surface area contributed by atoms with E-state index >= 15 is 0 Å². The van der Waals surface area contributed by atoms with Crippen LogP contribution in [-0.2, 0) is 9.47 Å². The Kier molecular flexibility index (Phi) is 9.90. The summed E-state index contributed by atoms with van der Waals surface area (Å²) < 4.78 is 11.5. The lowest BCUT2D eigenvalue weighted by molar-refractivity contribution is -0.0344. The van der Waals surface area contributed by atoms with Gasteiger partial charge in [-0.1, -0.05) is 13.8 Å². The van der Waals surface area contributed by atoms with Gasteiger partial charge >= 0.3 is 0 Å². The Bertz CT molecular complexity index is 240. The summed E-state index contributed by atoms with van der Waals surface area (Å²) >= 11 is 0. The van der Waals surface area contributed by atoms with Crippen molar-refractivity contribution in [3.63, 3.8) is 0 Å². The highest BCUT2D eigenvalue weighted by atomic mass is 32.2. The lowest BCUT2D eigenvalue weighted by atomic mass is 10.2. The first-order valence-corrected chi connectivity index (χ1v) is 10.3. The predicted molar refractivity (Wildman–Crippen MR) is 90.4 cm³/mol. The van der Waals surface area contributed by atoms with E-state index in [9.17, 15) is 0 Å². The molecule has 4 nitrogen and oxygen atoms in total. The molecule has 5 heteroatoms. The Morgan fingerprint density at radius 1 is 1.35 bits per heavy atom. The fourth-order valence-corrected chi connectivity index (χ4v) is 2.68. The van der Waals surface area contributed by atoms with Crippen LogP contribution in [0.4, 0.5) is 0 Å². The molecule has 0 amide bonds. The fraction of sp³-hybridized carbons (Fsp3) is 1.00. The maximum atomic E-state index is 5.81. The first-order valence-electron chi connectivity index (χ1n) is 7.85. The van der Waals surface area contributed by atoms with Crippen molar-refractivity contribution >= 4 is 10.9 Å². The fourth-order valence-electron chi connectivity index (χ4n) is 2.18. The monoisotopic (exact) mass is 306 g/mol. The van der Waals surface area contributed by atoms with E-state index in [-0.39, 0.29) is 10.9 Å². The molecule has 1 N–H and O–H groups in total. The van der Waals surface area contributed by atoms with Crippen LogP contribution in [0.15, 0.2) is 0 Å². The number of nitrogens with one attached hydrogen (secondary N) is 1. The highest BCUT2D eigenvalue weighted by Crippen LogP contribution is 2.11. The Morgan fingerprint density at radius 2 is 2.15 bits per heavy atom. The van der Waals surface area contributed by atoms with Gasteiger partial charge in [0.25, 0.3) is 0 Å². The number of nitrogens with zero attached hydrogens (tertiary/aromatic N) is 1. The summed E-state index contributed by atoms with van der Waals surface area (Å²) in [7, 11) is 0.182. The number of thiol groups is 1. The second-order valence-corrected chi connectivity index (χ2v) is 8.87. The topological polar surface area (TPSA) is 33.7 Å². The van der Waals surface area contributed by atoms with E-state index < -0.39 is 0 Å². The van der Waals surface area contributed by atoms with Gasteiger partial charge < -0.3 is 14.8 Å². The van der Waals surface area contributed by atoms with Gasteiger partial charge in [0.15, 0.2) is 0 Å². The summed E-state index contributed by atoms with van der Waals surface area (Å²) in [6, 6.07) is 0. The molecule has 1 atom stereocenters. The van der Waals surface area contributed by atoms with Crippen LogP contribution in [0.1, 0.15) is 13.8 Å². The summed E-state index contributed by atoms with van der Waals surface area (Å²) in [4.78, 5) is 2.46. The quantitative estimate of drug-likeness (QED) is 0.470. The van der Waals surface area contributed by atoms with Gasteiger partial charge in [0.1, 0.15) is 0 Å². The van der Waals surface area contributed by atoms with E-state index in [0.29, 0.717) is 12.0 Å². The van der Waals surface area contributed by atoms with Gasteiger partial charge in [0, 0.05) is 26.2 Å². The molecule has 1 unspecified atom stereocenters. The molecule has 0 aromatic carbocycles. The van der Waals surface area contributed by atoms with Crippen molar-refractivity contribution in [1.82, 2.24) is 10.2 Å². The van der Waals surface area contributed by atoms with Crippen molar-refractivity contribution in [1.29, 1.82) is 0 Å². The first-order chi connectivity index (χ1) is 9.58. The minimum atomic E-state index is 0.182. The largest absolute Gasteiger partial charge is 0.379 e. The van der Waals surface area contributed by atoms with E-state index in [2.05, 4.69) is 36.6 Å². The lowest BCUT2D eigenvalue weighted by Gasteiger charge is -2.33. The average Bonchev–Trinajstić information content (AvgIpc) is 2.38. The molecule has 1 aliphatic rings. The zero-order valence-electron chi connectivity index (χ0n) is 13.7. The molecule has 20 heavy (non-hydrogen) atoms. The third-order valence-corrected chi connectivity index (χ3v) is 4.46. The second-order valence-electron chi connectivity index (χ2n) is 6.26. The van der Waals surface area contributed by atoms with Gasteiger partial charge in [-0.3, -0.25) is 15.8 Å². The number of rotatable bonds is 10. The van der Waals surface area contributed by atoms with Crippen LogP contribution >= 0.6 is 10.9 Å². The van der Waals surface area contributed by atoms with Crippen LogP contribution in [0.2, 0.25) is 0 Å². The lowest BCUT2D eigenvalue weighted by Crippen LogP contribution is -2.47. The molecule has 0 saturated carbocycles. The van der Waals surface area contributed by atoms with Gasteiger partial charge in [0.2, 0.25) is 0 Å². The Morgan fingerprint density at radius 3 is 2.85 bits per heavy atom. The van der Waals surface area contributed by atoms with Crippen molar-refractivity contribution in [2.24, 2.45) is 5.92 Å². The Balaban J connectivity index is 2.05. The molecule has 1 heterocycles. The van der Waals surface area contributed by atoms with Crippen LogP contribution in [-0.4, -0.2) is 81.8 Å². The van der Waals surface area contributed by atoms with E-state index in [1.54, 1.807) is 0 Å². The maximum Gasteiger partial charge on any atom is 0.0826 e. The molecule has 1 saturated heterocycles. The van der Waals surface area contributed by atoms with Crippen molar-refractivity contribution in [2.75, 3.05) is 70.8 Å². The summed E-state index contributed by atoms with van der Waals surface area (Å²) in [6.07, 6.45) is 4.94. The van der Waals surface area contributed by atoms with E-state index in [4.69, 9.17) is 9.47 Å². The Hall–Kier alpha value is 0.190. The van der Waals surface area contributed by atoms with Crippen LogP contribution in [0, 0.1) is 5.92 Å².